The Labute approximate surface area is 231 Å². The average Bonchev–Trinajstić information content (AvgIpc) is 3.46. The van der Waals surface area contributed by atoms with Crippen molar-refractivity contribution in [2.75, 3.05) is 18.6 Å². The van der Waals surface area contributed by atoms with Crippen molar-refractivity contribution in [3.63, 3.8) is 0 Å². The fourth-order valence-corrected chi connectivity index (χ4v) is 5.19. The zero-order valence-electron chi connectivity index (χ0n) is 22.9. The molecule has 0 aliphatic carbocycles. The zero-order chi connectivity index (χ0) is 27.2. The lowest BCUT2D eigenvalue weighted by Gasteiger charge is -2.30. The Hall–Kier alpha value is -4.25. The number of ether oxygens (including phenoxy) is 3. The van der Waals surface area contributed by atoms with Crippen LogP contribution in [0.1, 0.15) is 45.5 Å². The Morgan fingerprint density at radius 2 is 1.44 bits per heavy atom. The monoisotopic (exact) mass is 521 g/mol. The quantitative estimate of drug-likeness (QED) is 0.205. The number of Topliss-reactive ketones (excluding diaryl/α,β-unsaturated/α-hetero) is 1. The lowest BCUT2D eigenvalue weighted by molar-refractivity contribution is 0.0962. The fourth-order valence-electron chi connectivity index (χ4n) is 5.19. The molecule has 1 unspecified atom stereocenters. The van der Waals surface area contributed by atoms with Gasteiger partial charge in [-0.1, -0.05) is 90.5 Å². The second-order valence-corrected chi connectivity index (χ2v) is 10.0. The highest BCUT2D eigenvalue weighted by Crippen LogP contribution is 2.47. The Kier molecular flexibility index (Phi) is 8.16. The van der Waals surface area contributed by atoms with Gasteiger partial charge in [-0.3, -0.25) is 4.79 Å². The summed E-state index contributed by atoms with van der Waals surface area (Å²) in [5.41, 5.74) is 5.71. The highest BCUT2D eigenvalue weighted by atomic mass is 16.5. The molecule has 0 aromatic heterocycles. The molecule has 5 rings (SSSR count). The van der Waals surface area contributed by atoms with Crippen LogP contribution in [0.2, 0.25) is 0 Å². The van der Waals surface area contributed by atoms with Crippen molar-refractivity contribution in [1.29, 1.82) is 0 Å². The van der Waals surface area contributed by atoms with E-state index in [2.05, 4.69) is 4.90 Å². The highest BCUT2D eigenvalue weighted by molar-refractivity contribution is 6.02. The Bertz CT molecular complexity index is 1400. The number of benzene rings is 4. The van der Waals surface area contributed by atoms with Crippen LogP contribution in [-0.4, -0.2) is 25.5 Å². The Morgan fingerprint density at radius 3 is 2.05 bits per heavy atom. The molecule has 0 amide bonds. The number of anilines is 1. The molecule has 200 valence electrons. The molecule has 1 heterocycles. The van der Waals surface area contributed by atoms with Gasteiger partial charge in [-0.2, -0.15) is 0 Å². The molecule has 0 bridgehead atoms. The number of carbonyl (C=O) groups excluding carboxylic acids is 1. The minimum absolute atomic E-state index is 0.127. The van der Waals surface area contributed by atoms with Crippen molar-refractivity contribution >= 4 is 11.5 Å². The first-order valence-corrected chi connectivity index (χ1v) is 13.5. The Balaban J connectivity index is 1.53. The fraction of sp³-hybridized carbons (Fsp3) is 0.265. The highest BCUT2D eigenvalue weighted by Gasteiger charge is 2.35. The SMILES string of the molecule is COc1c(OCc2ccccc2)cc(N2CCCC2C(=O)c2ccc(C)cc2)c(OCc2ccccc2)c1C. The molecule has 1 atom stereocenters. The summed E-state index contributed by atoms with van der Waals surface area (Å²) in [5.74, 6) is 2.11. The molecule has 5 heteroatoms. The van der Waals surface area contributed by atoms with Crippen molar-refractivity contribution in [2.24, 2.45) is 0 Å². The molecule has 0 N–H and O–H groups in total. The summed E-state index contributed by atoms with van der Waals surface area (Å²) in [4.78, 5) is 15.9. The number of rotatable bonds is 10. The van der Waals surface area contributed by atoms with Crippen LogP contribution < -0.4 is 19.1 Å². The van der Waals surface area contributed by atoms with Crippen LogP contribution in [0.5, 0.6) is 17.2 Å². The third-order valence-electron chi connectivity index (χ3n) is 7.27. The molecule has 4 aromatic rings. The van der Waals surface area contributed by atoms with Gasteiger partial charge in [-0.05, 0) is 37.8 Å². The van der Waals surface area contributed by atoms with E-state index in [1.54, 1.807) is 7.11 Å². The number of hydrogen-bond donors (Lipinski definition) is 0. The molecule has 0 radical (unpaired) electrons. The minimum atomic E-state index is -0.276. The zero-order valence-corrected chi connectivity index (χ0v) is 22.9. The predicted molar refractivity (Wildman–Crippen MR) is 155 cm³/mol. The third kappa shape index (κ3) is 5.93. The smallest absolute Gasteiger partial charge is 0.185 e. The van der Waals surface area contributed by atoms with Gasteiger partial charge in [-0.25, -0.2) is 0 Å². The molecule has 1 saturated heterocycles. The second kappa shape index (κ2) is 12.1. The summed E-state index contributed by atoms with van der Waals surface area (Å²) in [7, 11) is 1.65. The Morgan fingerprint density at radius 1 is 0.821 bits per heavy atom. The van der Waals surface area contributed by atoms with Gasteiger partial charge in [0.05, 0.1) is 18.8 Å². The van der Waals surface area contributed by atoms with E-state index in [0.29, 0.717) is 30.5 Å². The molecular formula is C34H35NO4. The van der Waals surface area contributed by atoms with Gasteiger partial charge in [0.1, 0.15) is 19.0 Å². The topological polar surface area (TPSA) is 48.0 Å². The van der Waals surface area contributed by atoms with Crippen LogP contribution in [-0.2, 0) is 13.2 Å². The van der Waals surface area contributed by atoms with E-state index in [9.17, 15) is 4.79 Å². The van der Waals surface area contributed by atoms with Crippen molar-refractivity contribution in [2.45, 2.75) is 45.9 Å². The van der Waals surface area contributed by atoms with Crippen LogP contribution in [0.25, 0.3) is 0 Å². The maximum atomic E-state index is 13.7. The summed E-state index contributed by atoms with van der Waals surface area (Å²) < 4.78 is 18.6. The predicted octanol–water partition coefficient (Wildman–Crippen LogP) is 7.32. The molecule has 39 heavy (non-hydrogen) atoms. The number of ketones is 1. The van der Waals surface area contributed by atoms with Gasteiger partial charge >= 0.3 is 0 Å². The molecule has 1 aliphatic rings. The number of aryl methyl sites for hydroxylation is 1. The first-order valence-electron chi connectivity index (χ1n) is 13.5. The van der Waals surface area contributed by atoms with E-state index >= 15 is 0 Å². The molecule has 0 spiro atoms. The average molecular weight is 522 g/mol. The van der Waals surface area contributed by atoms with E-state index in [-0.39, 0.29) is 11.8 Å². The van der Waals surface area contributed by atoms with E-state index < -0.39 is 0 Å². The van der Waals surface area contributed by atoms with E-state index in [4.69, 9.17) is 14.2 Å². The molecule has 0 saturated carbocycles. The van der Waals surface area contributed by atoms with Crippen molar-refractivity contribution in [3.05, 3.63) is 119 Å². The number of methoxy groups -OCH3 is 1. The van der Waals surface area contributed by atoms with Gasteiger partial charge in [0.15, 0.2) is 17.3 Å². The van der Waals surface area contributed by atoms with Gasteiger partial charge in [-0.15, -0.1) is 0 Å². The summed E-state index contributed by atoms with van der Waals surface area (Å²) in [6, 6.07) is 29.7. The summed E-state index contributed by atoms with van der Waals surface area (Å²) in [6.45, 7) is 5.60. The minimum Gasteiger partial charge on any atom is -0.492 e. The van der Waals surface area contributed by atoms with E-state index in [0.717, 1.165) is 52.9 Å². The summed E-state index contributed by atoms with van der Waals surface area (Å²) in [5, 5.41) is 0. The van der Waals surface area contributed by atoms with Gasteiger partial charge in [0.2, 0.25) is 0 Å². The molecule has 1 fully saturated rings. The van der Waals surface area contributed by atoms with Gasteiger partial charge < -0.3 is 19.1 Å². The van der Waals surface area contributed by atoms with E-state index in [1.807, 2.05) is 105 Å². The van der Waals surface area contributed by atoms with Crippen molar-refractivity contribution < 1.29 is 19.0 Å². The summed E-state index contributed by atoms with van der Waals surface area (Å²) >= 11 is 0. The van der Waals surface area contributed by atoms with Crippen molar-refractivity contribution in [1.82, 2.24) is 0 Å². The molecule has 4 aromatic carbocycles. The maximum Gasteiger partial charge on any atom is 0.185 e. The first-order chi connectivity index (χ1) is 19.0. The largest absolute Gasteiger partial charge is 0.492 e. The van der Waals surface area contributed by atoms with Crippen molar-refractivity contribution in [3.8, 4) is 17.2 Å². The molecule has 1 aliphatic heterocycles. The molecular weight excluding hydrogens is 486 g/mol. The van der Waals surface area contributed by atoms with E-state index in [1.165, 1.54) is 0 Å². The second-order valence-electron chi connectivity index (χ2n) is 10.0. The van der Waals surface area contributed by atoms with Crippen LogP contribution >= 0.6 is 0 Å². The number of carbonyl (C=O) groups is 1. The summed E-state index contributed by atoms with van der Waals surface area (Å²) in [6.07, 6.45) is 1.71. The van der Waals surface area contributed by atoms with Gasteiger partial charge in [0, 0.05) is 23.7 Å². The maximum absolute atomic E-state index is 13.7. The molecule has 5 nitrogen and oxygen atoms in total. The van der Waals surface area contributed by atoms with Crippen LogP contribution in [0.15, 0.2) is 91.0 Å². The normalized spacial score (nSPS) is 14.7. The van der Waals surface area contributed by atoms with Crippen LogP contribution in [0.3, 0.4) is 0 Å². The number of hydrogen-bond acceptors (Lipinski definition) is 5. The van der Waals surface area contributed by atoms with Gasteiger partial charge in [0.25, 0.3) is 0 Å². The van der Waals surface area contributed by atoms with Crippen LogP contribution in [0.4, 0.5) is 5.69 Å². The standard InChI is InChI=1S/C34H35NO4/c1-24-16-18-28(19-17-24)32(36)29-15-10-20-35(29)30-21-31(38-22-26-11-6-4-7-12-26)34(37-3)25(2)33(30)39-23-27-13-8-5-9-14-27/h4-9,11-14,16-19,21,29H,10,15,20,22-23H2,1-3H3. The lowest BCUT2D eigenvalue weighted by Crippen LogP contribution is -2.36. The lowest BCUT2D eigenvalue weighted by atomic mass is 10.0. The van der Waals surface area contributed by atoms with Crippen LogP contribution in [0, 0.1) is 13.8 Å². The first kappa shape index (κ1) is 26.4. The third-order valence-corrected chi connectivity index (χ3v) is 7.27. The number of nitrogens with zero attached hydrogens (tertiary/aromatic N) is 1.